The fraction of sp³-hybridized carbons (Fsp3) is 0.429. The van der Waals surface area contributed by atoms with Crippen LogP contribution in [0.1, 0.15) is 64.5 Å². The van der Waals surface area contributed by atoms with Gasteiger partial charge >= 0.3 is 0 Å². The summed E-state index contributed by atoms with van der Waals surface area (Å²) in [6.45, 7) is 8.75. The third kappa shape index (κ3) is 6.55. The lowest BCUT2D eigenvalue weighted by molar-refractivity contribution is 0.607. The van der Waals surface area contributed by atoms with Crippen molar-refractivity contribution in [2.24, 2.45) is 23.3 Å². The van der Waals surface area contributed by atoms with Crippen LogP contribution in [0.25, 0.3) is 12.2 Å². The smallest absolute Gasteiger partial charge is 0.0224 e. The molecule has 2 aliphatic rings. The van der Waals surface area contributed by atoms with Gasteiger partial charge in [-0.15, -0.1) is 12.4 Å². The molecule has 0 heterocycles. The van der Waals surface area contributed by atoms with Gasteiger partial charge in [-0.3, -0.25) is 0 Å². The van der Waals surface area contributed by atoms with Crippen LogP contribution in [0.5, 0.6) is 0 Å². The van der Waals surface area contributed by atoms with Gasteiger partial charge in [0.25, 0.3) is 0 Å². The molecule has 4 atom stereocenters. The van der Waals surface area contributed by atoms with Gasteiger partial charge in [-0.05, 0) is 62.5 Å². The van der Waals surface area contributed by atoms with Crippen molar-refractivity contribution in [2.45, 2.75) is 64.5 Å². The van der Waals surface area contributed by atoms with E-state index in [1.807, 2.05) is 12.1 Å². The van der Waals surface area contributed by atoms with Crippen LogP contribution in [0.4, 0.5) is 0 Å². The molecule has 2 fully saturated rings. The quantitative estimate of drug-likeness (QED) is 0.517. The average molecular weight is 439 g/mol. The number of nitrogens with two attached hydrogens (primary N) is 2. The van der Waals surface area contributed by atoms with Crippen LogP contribution in [0.15, 0.2) is 71.8 Å². The van der Waals surface area contributed by atoms with Crippen molar-refractivity contribution < 1.29 is 0 Å². The molecule has 4 N–H and O–H groups in total. The fourth-order valence-electron chi connectivity index (χ4n) is 4.48. The maximum Gasteiger partial charge on any atom is 0.0224 e. The maximum atomic E-state index is 6.20. The Kier molecular flexibility index (Phi) is 8.71. The van der Waals surface area contributed by atoms with Crippen LogP contribution in [0.2, 0.25) is 0 Å². The van der Waals surface area contributed by atoms with Crippen LogP contribution in [-0.4, -0.2) is 11.1 Å². The molecule has 3 heteroatoms. The lowest BCUT2D eigenvalue weighted by Crippen LogP contribution is -2.23. The van der Waals surface area contributed by atoms with E-state index in [1.54, 1.807) is 0 Å². The molecule has 31 heavy (non-hydrogen) atoms. The van der Waals surface area contributed by atoms with E-state index in [9.17, 15) is 0 Å². The number of halogens is 1. The Balaban J connectivity index is 0.000000213. The summed E-state index contributed by atoms with van der Waals surface area (Å²) in [5.41, 5.74) is 18.0. The highest BCUT2D eigenvalue weighted by molar-refractivity contribution is 5.85. The fourth-order valence-corrected chi connectivity index (χ4v) is 4.48. The topological polar surface area (TPSA) is 52.0 Å². The molecule has 2 aliphatic carbocycles. The summed E-state index contributed by atoms with van der Waals surface area (Å²) in [5.74, 6) is 1.20. The molecule has 0 saturated heterocycles. The Bertz CT molecular complexity index is 814. The summed E-state index contributed by atoms with van der Waals surface area (Å²) in [6.07, 6.45) is 8.98. The van der Waals surface area contributed by atoms with Crippen LogP contribution in [-0.2, 0) is 0 Å². The van der Waals surface area contributed by atoms with Crippen molar-refractivity contribution in [1.29, 1.82) is 0 Å². The first-order valence-corrected chi connectivity index (χ1v) is 11.4. The summed E-state index contributed by atoms with van der Waals surface area (Å²) in [4.78, 5) is 0. The van der Waals surface area contributed by atoms with Crippen molar-refractivity contribution in [3.8, 4) is 0 Å². The second-order valence-electron chi connectivity index (χ2n) is 9.28. The molecule has 0 bridgehead atoms. The van der Waals surface area contributed by atoms with Gasteiger partial charge in [-0.25, -0.2) is 0 Å². The molecule has 4 unspecified atom stereocenters. The number of hydrogen-bond donors (Lipinski definition) is 2. The van der Waals surface area contributed by atoms with Crippen molar-refractivity contribution in [3.05, 3.63) is 82.9 Å². The van der Waals surface area contributed by atoms with Crippen LogP contribution < -0.4 is 11.5 Å². The number of hydrogen-bond acceptors (Lipinski definition) is 2. The molecule has 2 nitrogen and oxygen atoms in total. The van der Waals surface area contributed by atoms with E-state index < -0.39 is 0 Å². The van der Waals surface area contributed by atoms with Gasteiger partial charge in [-0.1, -0.05) is 97.8 Å². The standard InChI is InChI=1S/2C14H19N.ClH/c2*1-3-14(15)10-13(14)11(2)9-12-7-5-4-6-8-12;/h2*4-9,13H,3,10,15H2,1-2H3;1H/b2*11-9+;. The molecule has 0 aliphatic heterocycles. The number of benzene rings is 2. The molecule has 2 aromatic rings. The molecule has 4 rings (SSSR count). The van der Waals surface area contributed by atoms with Crippen molar-refractivity contribution >= 4 is 24.6 Å². The summed E-state index contributed by atoms with van der Waals surface area (Å²) in [5, 5.41) is 0. The first kappa shape index (κ1) is 25.4. The highest BCUT2D eigenvalue weighted by Crippen LogP contribution is 2.49. The van der Waals surface area contributed by atoms with E-state index in [-0.39, 0.29) is 23.5 Å². The van der Waals surface area contributed by atoms with E-state index >= 15 is 0 Å². The Morgan fingerprint density at radius 1 is 0.742 bits per heavy atom. The summed E-state index contributed by atoms with van der Waals surface area (Å²) >= 11 is 0. The third-order valence-corrected chi connectivity index (χ3v) is 7.04. The van der Waals surface area contributed by atoms with Gasteiger partial charge in [0, 0.05) is 11.1 Å². The maximum absolute atomic E-state index is 6.20. The minimum Gasteiger partial charge on any atom is -0.325 e. The Morgan fingerprint density at radius 3 is 1.32 bits per heavy atom. The zero-order valence-electron chi connectivity index (χ0n) is 19.5. The zero-order valence-corrected chi connectivity index (χ0v) is 20.3. The van der Waals surface area contributed by atoms with Crippen LogP contribution >= 0.6 is 12.4 Å². The first-order valence-electron chi connectivity index (χ1n) is 11.4. The van der Waals surface area contributed by atoms with Gasteiger partial charge in [0.2, 0.25) is 0 Å². The largest absolute Gasteiger partial charge is 0.325 e. The lowest BCUT2D eigenvalue weighted by Gasteiger charge is -2.08. The van der Waals surface area contributed by atoms with Crippen LogP contribution in [0, 0.1) is 11.8 Å². The van der Waals surface area contributed by atoms with Gasteiger partial charge in [0.1, 0.15) is 0 Å². The van der Waals surface area contributed by atoms with Crippen molar-refractivity contribution in [1.82, 2.24) is 0 Å². The molecule has 2 aromatic carbocycles. The molecule has 0 spiro atoms. The molecule has 168 valence electrons. The second-order valence-corrected chi connectivity index (χ2v) is 9.28. The summed E-state index contributed by atoms with van der Waals surface area (Å²) < 4.78 is 0. The molecular weight excluding hydrogens is 400 g/mol. The van der Waals surface area contributed by atoms with Gasteiger partial charge in [0.05, 0.1) is 0 Å². The molecule has 2 saturated carbocycles. The molecule has 0 amide bonds. The first-order chi connectivity index (χ1) is 14.3. The van der Waals surface area contributed by atoms with Crippen LogP contribution in [0.3, 0.4) is 0 Å². The van der Waals surface area contributed by atoms with Gasteiger partial charge < -0.3 is 11.5 Å². The Hall–Kier alpha value is -1.87. The highest BCUT2D eigenvalue weighted by atomic mass is 35.5. The number of rotatable bonds is 6. The van der Waals surface area contributed by atoms with E-state index in [0.29, 0.717) is 11.8 Å². The minimum absolute atomic E-state index is 0. The Morgan fingerprint density at radius 2 is 1.06 bits per heavy atom. The molecule has 0 radical (unpaired) electrons. The zero-order chi connectivity index (χ0) is 21.8. The normalized spacial score (nSPS) is 29.4. The van der Waals surface area contributed by atoms with Crippen molar-refractivity contribution in [2.75, 3.05) is 0 Å². The summed E-state index contributed by atoms with van der Waals surface area (Å²) in [7, 11) is 0. The molecular formula is C28H39ClN2. The van der Waals surface area contributed by atoms with Gasteiger partial charge in [-0.2, -0.15) is 0 Å². The molecule has 0 aromatic heterocycles. The summed E-state index contributed by atoms with van der Waals surface area (Å²) in [6, 6.07) is 20.9. The lowest BCUT2D eigenvalue weighted by atomic mass is 10.0. The SMILES string of the molecule is CCC1(N)CC1/C(C)=C/c1ccccc1.CCC1(N)CC1/C(C)=C/c1ccccc1.Cl. The monoisotopic (exact) mass is 438 g/mol. The minimum atomic E-state index is 0. The Labute approximate surface area is 195 Å². The third-order valence-electron chi connectivity index (χ3n) is 7.04. The van der Waals surface area contributed by atoms with E-state index in [0.717, 1.165) is 25.7 Å². The van der Waals surface area contributed by atoms with E-state index in [4.69, 9.17) is 11.5 Å². The predicted octanol–water partition coefficient (Wildman–Crippen LogP) is 6.86. The van der Waals surface area contributed by atoms with E-state index in [2.05, 4.69) is 88.4 Å². The predicted molar refractivity (Wildman–Crippen MR) is 138 cm³/mol. The van der Waals surface area contributed by atoms with Crippen molar-refractivity contribution in [3.63, 3.8) is 0 Å². The average Bonchev–Trinajstić information content (AvgIpc) is 3.65. The van der Waals surface area contributed by atoms with E-state index in [1.165, 1.54) is 22.3 Å². The second kappa shape index (κ2) is 10.6. The highest BCUT2D eigenvalue weighted by Gasteiger charge is 2.50. The van der Waals surface area contributed by atoms with Gasteiger partial charge in [0.15, 0.2) is 0 Å².